The molecule has 1 rings (SSSR count). The van der Waals surface area contributed by atoms with Gasteiger partial charge in [-0.1, -0.05) is 0 Å². The van der Waals surface area contributed by atoms with Crippen molar-refractivity contribution >= 4 is 0 Å². The molecule has 1 fully saturated rings. The standard InChI is InChI=1S/C7H13NO4/c1-7(2,8(10)11)5-3-6(9)12-4-5/h5-6,9H,3-4H2,1-2H3. The van der Waals surface area contributed by atoms with E-state index in [4.69, 9.17) is 9.84 Å². The average molecular weight is 175 g/mol. The van der Waals surface area contributed by atoms with Gasteiger partial charge in [-0.2, -0.15) is 0 Å². The highest BCUT2D eigenvalue weighted by Gasteiger charge is 2.45. The Morgan fingerprint density at radius 3 is 2.58 bits per heavy atom. The van der Waals surface area contributed by atoms with Gasteiger partial charge in [0.25, 0.3) is 0 Å². The maximum absolute atomic E-state index is 10.6. The van der Waals surface area contributed by atoms with Crippen LogP contribution in [0.2, 0.25) is 0 Å². The first kappa shape index (κ1) is 9.41. The van der Waals surface area contributed by atoms with Gasteiger partial charge in [0, 0.05) is 25.2 Å². The summed E-state index contributed by atoms with van der Waals surface area (Å²) in [6, 6.07) is 0. The quantitative estimate of drug-likeness (QED) is 0.487. The van der Waals surface area contributed by atoms with Crippen molar-refractivity contribution in [1.29, 1.82) is 0 Å². The minimum atomic E-state index is -1.00. The first-order valence-electron chi connectivity index (χ1n) is 3.88. The summed E-state index contributed by atoms with van der Waals surface area (Å²) in [6.07, 6.45) is -0.470. The number of hydrogen-bond acceptors (Lipinski definition) is 4. The van der Waals surface area contributed by atoms with Gasteiger partial charge in [-0.3, -0.25) is 10.1 Å². The van der Waals surface area contributed by atoms with Crippen LogP contribution in [0, 0.1) is 16.0 Å². The summed E-state index contributed by atoms with van der Waals surface area (Å²) in [7, 11) is 0. The van der Waals surface area contributed by atoms with E-state index in [-0.39, 0.29) is 17.4 Å². The van der Waals surface area contributed by atoms with Crippen molar-refractivity contribution in [3.63, 3.8) is 0 Å². The predicted octanol–water partition coefficient (Wildman–Crippen LogP) is 0.397. The molecular weight excluding hydrogens is 162 g/mol. The Balaban J connectivity index is 2.63. The molecule has 12 heavy (non-hydrogen) atoms. The third kappa shape index (κ3) is 1.56. The third-order valence-electron chi connectivity index (χ3n) is 2.45. The Kier molecular flexibility index (Phi) is 2.34. The summed E-state index contributed by atoms with van der Waals surface area (Å²) < 4.78 is 4.85. The van der Waals surface area contributed by atoms with Crippen molar-refractivity contribution in [1.82, 2.24) is 0 Å². The van der Waals surface area contributed by atoms with Crippen LogP contribution in [0.1, 0.15) is 20.3 Å². The lowest BCUT2D eigenvalue weighted by atomic mass is 9.87. The second-order valence-electron chi connectivity index (χ2n) is 3.63. The molecule has 0 amide bonds. The van der Waals surface area contributed by atoms with Gasteiger partial charge in [0.2, 0.25) is 5.54 Å². The summed E-state index contributed by atoms with van der Waals surface area (Å²) in [6.45, 7) is 3.38. The highest BCUT2D eigenvalue weighted by molar-refractivity contribution is 4.82. The lowest BCUT2D eigenvalue weighted by molar-refractivity contribution is -0.571. The van der Waals surface area contributed by atoms with Gasteiger partial charge in [0.15, 0.2) is 6.29 Å². The molecule has 5 nitrogen and oxygen atoms in total. The van der Waals surface area contributed by atoms with Crippen molar-refractivity contribution in [2.24, 2.45) is 5.92 Å². The molecule has 0 saturated carbocycles. The average Bonchev–Trinajstić information content (AvgIpc) is 2.35. The van der Waals surface area contributed by atoms with Crippen LogP contribution in [0.5, 0.6) is 0 Å². The van der Waals surface area contributed by atoms with Gasteiger partial charge in [0.1, 0.15) is 0 Å². The summed E-state index contributed by atoms with van der Waals surface area (Å²) in [5, 5.41) is 19.6. The van der Waals surface area contributed by atoms with Gasteiger partial charge in [-0.15, -0.1) is 0 Å². The maximum atomic E-state index is 10.6. The smallest absolute Gasteiger partial charge is 0.221 e. The zero-order valence-corrected chi connectivity index (χ0v) is 7.19. The van der Waals surface area contributed by atoms with Crippen LogP contribution in [0.15, 0.2) is 0 Å². The van der Waals surface area contributed by atoms with Crippen LogP contribution in [-0.2, 0) is 4.74 Å². The van der Waals surface area contributed by atoms with E-state index in [0.29, 0.717) is 6.42 Å². The van der Waals surface area contributed by atoms with E-state index in [9.17, 15) is 10.1 Å². The molecule has 1 aliphatic heterocycles. The number of hydrogen-bond donors (Lipinski definition) is 1. The van der Waals surface area contributed by atoms with Gasteiger partial charge in [0.05, 0.1) is 12.5 Å². The lowest BCUT2D eigenvalue weighted by Gasteiger charge is -2.20. The molecule has 0 aromatic heterocycles. The van der Waals surface area contributed by atoms with Gasteiger partial charge >= 0.3 is 0 Å². The van der Waals surface area contributed by atoms with Crippen molar-refractivity contribution in [3.05, 3.63) is 10.1 Å². The van der Waals surface area contributed by atoms with Crippen LogP contribution in [0.3, 0.4) is 0 Å². The minimum Gasteiger partial charge on any atom is -0.368 e. The molecule has 1 heterocycles. The summed E-state index contributed by atoms with van der Waals surface area (Å²) >= 11 is 0. The molecule has 70 valence electrons. The fourth-order valence-electron chi connectivity index (χ4n) is 1.25. The molecule has 0 aliphatic carbocycles. The first-order valence-corrected chi connectivity index (χ1v) is 3.88. The van der Waals surface area contributed by atoms with Gasteiger partial charge in [-0.05, 0) is 0 Å². The topological polar surface area (TPSA) is 72.6 Å². The zero-order valence-electron chi connectivity index (χ0n) is 7.19. The molecule has 1 saturated heterocycles. The Bertz CT molecular complexity index is 192. The number of nitro groups is 1. The molecule has 2 unspecified atom stereocenters. The van der Waals surface area contributed by atoms with Crippen LogP contribution in [0.25, 0.3) is 0 Å². The molecule has 1 N–H and O–H groups in total. The minimum absolute atomic E-state index is 0.192. The molecule has 0 bridgehead atoms. The number of rotatable bonds is 2. The normalized spacial score (nSPS) is 30.6. The molecule has 2 atom stereocenters. The predicted molar refractivity (Wildman–Crippen MR) is 41.1 cm³/mol. The zero-order chi connectivity index (χ0) is 9.35. The number of nitrogens with zero attached hydrogens (tertiary/aromatic N) is 1. The second kappa shape index (κ2) is 2.99. The van der Waals surface area contributed by atoms with Crippen LogP contribution >= 0.6 is 0 Å². The van der Waals surface area contributed by atoms with Crippen LogP contribution in [0.4, 0.5) is 0 Å². The highest BCUT2D eigenvalue weighted by atomic mass is 16.6. The monoisotopic (exact) mass is 175 g/mol. The third-order valence-corrected chi connectivity index (χ3v) is 2.45. The van der Waals surface area contributed by atoms with Crippen LogP contribution < -0.4 is 0 Å². The number of aliphatic hydroxyl groups excluding tert-OH is 1. The number of aliphatic hydroxyl groups is 1. The molecule has 0 spiro atoms. The van der Waals surface area contributed by atoms with Crippen LogP contribution in [-0.4, -0.2) is 28.5 Å². The van der Waals surface area contributed by atoms with E-state index in [1.165, 1.54) is 0 Å². The van der Waals surface area contributed by atoms with E-state index in [1.807, 2.05) is 0 Å². The molecule has 5 heteroatoms. The van der Waals surface area contributed by atoms with E-state index in [2.05, 4.69) is 0 Å². The Morgan fingerprint density at radius 2 is 2.25 bits per heavy atom. The molecule has 0 aromatic rings. The Morgan fingerprint density at radius 1 is 1.67 bits per heavy atom. The van der Waals surface area contributed by atoms with Crippen molar-refractivity contribution in [2.75, 3.05) is 6.61 Å². The largest absolute Gasteiger partial charge is 0.368 e. The molecule has 0 radical (unpaired) electrons. The van der Waals surface area contributed by atoms with E-state index in [1.54, 1.807) is 13.8 Å². The Hall–Kier alpha value is -0.680. The lowest BCUT2D eigenvalue weighted by Crippen LogP contribution is -2.40. The van der Waals surface area contributed by atoms with Crippen molar-refractivity contribution in [2.45, 2.75) is 32.1 Å². The molecule has 0 aromatic carbocycles. The van der Waals surface area contributed by atoms with E-state index < -0.39 is 11.8 Å². The summed E-state index contributed by atoms with van der Waals surface area (Å²) in [5.74, 6) is -0.192. The SMILES string of the molecule is CC(C)(C1COC(O)C1)[N+](=O)[O-]. The van der Waals surface area contributed by atoms with E-state index >= 15 is 0 Å². The second-order valence-corrected chi connectivity index (χ2v) is 3.63. The first-order chi connectivity index (χ1) is 5.44. The highest BCUT2D eigenvalue weighted by Crippen LogP contribution is 2.30. The molecule has 1 aliphatic rings. The van der Waals surface area contributed by atoms with Gasteiger partial charge in [-0.25, -0.2) is 0 Å². The van der Waals surface area contributed by atoms with E-state index in [0.717, 1.165) is 0 Å². The summed E-state index contributed by atoms with van der Waals surface area (Å²) in [4.78, 5) is 10.3. The Labute approximate surface area is 70.5 Å². The maximum Gasteiger partial charge on any atom is 0.221 e. The van der Waals surface area contributed by atoms with Crippen molar-refractivity contribution < 1.29 is 14.8 Å². The summed E-state index contributed by atoms with van der Waals surface area (Å²) in [5.41, 5.74) is -1.00. The fraction of sp³-hybridized carbons (Fsp3) is 1.00. The molecular formula is C7H13NO4. The number of ether oxygens (including phenoxy) is 1. The fourth-order valence-corrected chi connectivity index (χ4v) is 1.25. The van der Waals surface area contributed by atoms with Crippen molar-refractivity contribution in [3.8, 4) is 0 Å². The van der Waals surface area contributed by atoms with Gasteiger partial charge < -0.3 is 9.84 Å².